The predicted octanol–water partition coefficient (Wildman–Crippen LogP) is 2.34. The van der Waals surface area contributed by atoms with Gasteiger partial charge >= 0.3 is 0 Å². The second kappa shape index (κ2) is 6.27. The van der Waals surface area contributed by atoms with Gasteiger partial charge in [-0.05, 0) is 6.07 Å². The highest BCUT2D eigenvalue weighted by Gasteiger charge is 2.17. The van der Waals surface area contributed by atoms with Gasteiger partial charge < -0.3 is 4.74 Å². The van der Waals surface area contributed by atoms with E-state index >= 15 is 0 Å². The molecule has 110 valence electrons. The normalized spacial score (nSPS) is 12.1. The van der Waals surface area contributed by atoms with Gasteiger partial charge in [-0.15, -0.1) is 0 Å². The molecule has 0 amide bonds. The Morgan fingerprint density at radius 1 is 1.52 bits per heavy atom. The van der Waals surface area contributed by atoms with Gasteiger partial charge in [0.2, 0.25) is 0 Å². The number of benzene rings is 1. The van der Waals surface area contributed by atoms with E-state index in [1.165, 1.54) is 16.8 Å². The summed E-state index contributed by atoms with van der Waals surface area (Å²) in [4.78, 5) is 21.5. The molecule has 7 heteroatoms. The lowest BCUT2D eigenvalue weighted by molar-refractivity contribution is -0.384. The lowest BCUT2D eigenvalue weighted by Crippen LogP contribution is -2.06. The monoisotopic (exact) mass is 289 g/mol. The van der Waals surface area contributed by atoms with Crippen LogP contribution in [0.5, 0.6) is 0 Å². The molecule has 0 N–H and O–H groups in total. The molecule has 0 aliphatic carbocycles. The van der Waals surface area contributed by atoms with Crippen molar-refractivity contribution >= 4 is 12.0 Å². The van der Waals surface area contributed by atoms with Crippen LogP contribution in [0.2, 0.25) is 0 Å². The third kappa shape index (κ3) is 3.14. The summed E-state index contributed by atoms with van der Waals surface area (Å²) in [6.45, 7) is 2.34. The Balaban J connectivity index is 2.43. The molecule has 1 aromatic carbocycles. The summed E-state index contributed by atoms with van der Waals surface area (Å²) in [6, 6.07) is 6.09. The summed E-state index contributed by atoms with van der Waals surface area (Å²) < 4.78 is 6.54. The maximum Gasteiger partial charge on any atom is 0.271 e. The van der Waals surface area contributed by atoms with Crippen molar-refractivity contribution < 1.29 is 14.5 Å². The van der Waals surface area contributed by atoms with Gasteiger partial charge in [-0.25, -0.2) is 4.68 Å². The molecule has 2 aromatic rings. The molecule has 0 fully saturated rings. The topological polar surface area (TPSA) is 87.3 Å². The van der Waals surface area contributed by atoms with Gasteiger partial charge in [0.05, 0.1) is 28.5 Å². The van der Waals surface area contributed by atoms with Crippen LogP contribution in [-0.2, 0) is 4.74 Å². The first-order valence-electron chi connectivity index (χ1n) is 6.35. The van der Waals surface area contributed by atoms with E-state index < -0.39 is 4.92 Å². The summed E-state index contributed by atoms with van der Waals surface area (Å²) in [5.41, 5.74) is 1.56. The van der Waals surface area contributed by atoms with E-state index in [-0.39, 0.29) is 11.6 Å². The minimum Gasteiger partial charge on any atom is -0.384 e. The minimum atomic E-state index is -0.470. The number of methoxy groups -OCH3 is 1. The van der Waals surface area contributed by atoms with Crippen LogP contribution in [0.1, 0.15) is 28.9 Å². The number of hydrogen-bond donors (Lipinski definition) is 0. The van der Waals surface area contributed by atoms with Crippen molar-refractivity contribution in [2.45, 2.75) is 12.8 Å². The van der Waals surface area contributed by atoms with Gasteiger partial charge in [0.25, 0.3) is 5.69 Å². The summed E-state index contributed by atoms with van der Waals surface area (Å²) >= 11 is 0. The van der Waals surface area contributed by atoms with Gasteiger partial charge in [0.1, 0.15) is 0 Å². The van der Waals surface area contributed by atoms with E-state index in [0.29, 0.717) is 23.6 Å². The smallest absolute Gasteiger partial charge is 0.271 e. The standard InChI is InChI=1S/C14H15N3O4/c1-10(9-21-2)14-11(8-18)7-16(15-14)12-4-3-5-13(6-12)17(19)20/h3-8,10H,9H2,1-2H3. The molecule has 0 aliphatic heterocycles. The maximum absolute atomic E-state index is 11.2. The summed E-state index contributed by atoms with van der Waals surface area (Å²) in [7, 11) is 1.58. The van der Waals surface area contributed by atoms with Gasteiger partial charge in [-0.2, -0.15) is 5.10 Å². The van der Waals surface area contributed by atoms with Crippen molar-refractivity contribution in [2.24, 2.45) is 0 Å². The summed E-state index contributed by atoms with van der Waals surface area (Å²) in [5.74, 6) is -0.0462. The zero-order valence-corrected chi connectivity index (χ0v) is 11.7. The first kappa shape index (κ1) is 14.9. The largest absolute Gasteiger partial charge is 0.384 e. The first-order chi connectivity index (χ1) is 10.1. The van der Waals surface area contributed by atoms with Gasteiger partial charge in [0, 0.05) is 31.4 Å². The Morgan fingerprint density at radius 2 is 2.29 bits per heavy atom. The average molecular weight is 289 g/mol. The highest BCUT2D eigenvalue weighted by molar-refractivity contribution is 5.76. The Kier molecular flexibility index (Phi) is 4.44. The van der Waals surface area contributed by atoms with Crippen LogP contribution < -0.4 is 0 Å². The number of aromatic nitrogens is 2. The SMILES string of the molecule is COCC(C)c1nn(-c2cccc([N+](=O)[O-])c2)cc1C=O. The molecule has 21 heavy (non-hydrogen) atoms. The minimum absolute atomic E-state index is 0.0258. The molecule has 2 rings (SSSR count). The van der Waals surface area contributed by atoms with E-state index in [9.17, 15) is 14.9 Å². The Labute approximate surface area is 121 Å². The van der Waals surface area contributed by atoms with Gasteiger partial charge in [-0.1, -0.05) is 13.0 Å². The zero-order chi connectivity index (χ0) is 15.4. The molecule has 0 bridgehead atoms. The van der Waals surface area contributed by atoms with E-state index in [1.54, 1.807) is 25.4 Å². The molecule has 0 spiro atoms. The Morgan fingerprint density at radius 3 is 2.90 bits per heavy atom. The Hall–Kier alpha value is -2.54. The highest BCUT2D eigenvalue weighted by atomic mass is 16.6. The van der Waals surface area contributed by atoms with Crippen molar-refractivity contribution in [3.8, 4) is 5.69 Å². The number of rotatable bonds is 6. The number of carbonyl (C=O) groups is 1. The van der Waals surface area contributed by atoms with Gasteiger partial charge in [0.15, 0.2) is 6.29 Å². The molecule has 7 nitrogen and oxygen atoms in total. The number of ether oxygens (including phenoxy) is 1. The van der Waals surface area contributed by atoms with Crippen LogP contribution in [0, 0.1) is 10.1 Å². The third-order valence-electron chi connectivity index (χ3n) is 3.09. The lowest BCUT2D eigenvalue weighted by atomic mass is 10.1. The van der Waals surface area contributed by atoms with Crippen LogP contribution in [0.4, 0.5) is 5.69 Å². The highest BCUT2D eigenvalue weighted by Crippen LogP contribution is 2.21. The Bertz CT molecular complexity index is 666. The van der Waals surface area contributed by atoms with Crippen molar-refractivity contribution in [2.75, 3.05) is 13.7 Å². The predicted molar refractivity (Wildman–Crippen MR) is 75.9 cm³/mol. The molecule has 0 aliphatic rings. The van der Waals surface area contributed by atoms with E-state index in [0.717, 1.165) is 6.29 Å². The second-order valence-corrected chi connectivity index (χ2v) is 4.67. The quantitative estimate of drug-likeness (QED) is 0.462. The number of nitro groups is 1. The van der Waals surface area contributed by atoms with Gasteiger partial charge in [-0.3, -0.25) is 14.9 Å². The zero-order valence-electron chi connectivity index (χ0n) is 11.7. The molecule has 1 atom stereocenters. The number of nitrogens with zero attached hydrogens (tertiary/aromatic N) is 3. The third-order valence-corrected chi connectivity index (χ3v) is 3.09. The lowest BCUT2D eigenvalue weighted by Gasteiger charge is -2.07. The molecular weight excluding hydrogens is 274 g/mol. The number of carbonyl (C=O) groups excluding carboxylic acids is 1. The molecule has 1 heterocycles. The maximum atomic E-state index is 11.2. The number of nitro benzene ring substituents is 1. The van der Waals surface area contributed by atoms with Crippen molar-refractivity contribution in [3.63, 3.8) is 0 Å². The fraction of sp³-hybridized carbons (Fsp3) is 0.286. The number of non-ortho nitro benzene ring substituents is 1. The number of hydrogen-bond acceptors (Lipinski definition) is 5. The van der Waals surface area contributed by atoms with Crippen LogP contribution in [-0.4, -0.2) is 34.7 Å². The van der Waals surface area contributed by atoms with Crippen LogP contribution in [0.25, 0.3) is 5.69 Å². The summed E-state index contributed by atoms with van der Waals surface area (Å²) in [5, 5.41) is 15.2. The molecule has 1 aromatic heterocycles. The molecule has 0 saturated heterocycles. The summed E-state index contributed by atoms with van der Waals surface area (Å²) in [6.07, 6.45) is 2.29. The molecule has 1 unspecified atom stereocenters. The fourth-order valence-corrected chi connectivity index (χ4v) is 2.08. The molecule has 0 saturated carbocycles. The fourth-order valence-electron chi connectivity index (χ4n) is 2.08. The van der Waals surface area contributed by atoms with Crippen LogP contribution >= 0.6 is 0 Å². The first-order valence-corrected chi connectivity index (χ1v) is 6.35. The average Bonchev–Trinajstić information content (AvgIpc) is 2.92. The van der Waals surface area contributed by atoms with E-state index in [4.69, 9.17) is 4.74 Å². The van der Waals surface area contributed by atoms with Crippen LogP contribution in [0.15, 0.2) is 30.5 Å². The molecular formula is C14H15N3O4. The van der Waals surface area contributed by atoms with Crippen molar-refractivity contribution in [3.05, 3.63) is 51.8 Å². The molecule has 0 radical (unpaired) electrons. The van der Waals surface area contributed by atoms with E-state index in [1.807, 2.05) is 6.92 Å². The second-order valence-electron chi connectivity index (χ2n) is 4.67. The van der Waals surface area contributed by atoms with E-state index in [2.05, 4.69) is 5.10 Å². The van der Waals surface area contributed by atoms with Crippen LogP contribution in [0.3, 0.4) is 0 Å². The van der Waals surface area contributed by atoms with Crippen molar-refractivity contribution in [1.29, 1.82) is 0 Å². The number of aldehydes is 1. The van der Waals surface area contributed by atoms with Crippen molar-refractivity contribution in [1.82, 2.24) is 9.78 Å².